The largest absolute Gasteiger partial charge is 0.489 e. The third-order valence-electron chi connectivity index (χ3n) is 3.99. The summed E-state index contributed by atoms with van der Waals surface area (Å²) >= 11 is 6.30. The molecular weight excluding hydrogens is 290 g/mol. The summed E-state index contributed by atoms with van der Waals surface area (Å²) in [5.41, 5.74) is 1.07. The Balaban J connectivity index is 1.63. The van der Waals surface area contributed by atoms with Gasteiger partial charge in [-0.3, -0.25) is 0 Å². The maximum atomic E-state index is 6.30. The van der Waals surface area contributed by atoms with E-state index in [2.05, 4.69) is 12.2 Å². The first-order valence-corrected chi connectivity index (χ1v) is 7.97. The van der Waals surface area contributed by atoms with Crippen molar-refractivity contribution >= 4 is 11.6 Å². The van der Waals surface area contributed by atoms with Gasteiger partial charge in [-0.2, -0.15) is 0 Å². The molecule has 0 bridgehead atoms. The van der Waals surface area contributed by atoms with Crippen LogP contribution in [0, 0.1) is 0 Å². The van der Waals surface area contributed by atoms with Crippen molar-refractivity contribution in [3.05, 3.63) is 22.7 Å². The number of hydrogen-bond acceptors (Lipinski definition) is 4. The topological polar surface area (TPSA) is 39.7 Å². The highest BCUT2D eigenvalue weighted by Gasteiger charge is 2.29. The van der Waals surface area contributed by atoms with E-state index in [1.54, 1.807) is 0 Å². The molecule has 1 atom stereocenters. The van der Waals surface area contributed by atoms with Gasteiger partial charge < -0.3 is 19.5 Å². The summed E-state index contributed by atoms with van der Waals surface area (Å²) in [6, 6.07) is 3.96. The van der Waals surface area contributed by atoms with Crippen molar-refractivity contribution in [3.8, 4) is 11.5 Å². The molecule has 0 aliphatic carbocycles. The van der Waals surface area contributed by atoms with Crippen LogP contribution in [0.4, 0.5) is 0 Å². The highest BCUT2D eigenvalue weighted by molar-refractivity contribution is 6.32. The molecule has 4 nitrogen and oxygen atoms in total. The highest BCUT2D eigenvalue weighted by Crippen LogP contribution is 2.38. The third kappa shape index (κ3) is 3.62. The SMILES string of the molecule is CC1(CNCc2cc(Cl)c3c(c2)OCCCO3)CCCO1. The van der Waals surface area contributed by atoms with E-state index >= 15 is 0 Å². The van der Waals surface area contributed by atoms with Gasteiger partial charge in [0.25, 0.3) is 0 Å². The molecule has 5 heteroatoms. The van der Waals surface area contributed by atoms with Gasteiger partial charge in [-0.15, -0.1) is 0 Å². The van der Waals surface area contributed by atoms with Gasteiger partial charge in [0.1, 0.15) is 0 Å². The number of fused-ring (bicyclic) bond motifs is 1. The first kappa shape index (κ1) is 14.9. The number of ether oxygens (including phenoxy) is 3. The van der Waals surface area contributed by atoms with E-state index in [1.165, 1.54) is 0 Å². The quantitative estimate of drug-likeness (QED) is 0.927. The van der Waals surface area contributed by atoms with Crippen LogP contribution in [0.2, 0.25) is 5.02 Å². The van der Waals surface area contributed by atoms with E-state index in [0.29, 0.717) is 24.0 Å². The summed E-state index contributed by atoms with van der Waals surface area (Å²) in [6.45, 7) is 5.95. The molecule has 1 aromatic rings. The Kier molecular flexibility index (Phi) is 4.57. The van der Waals surface area contributed by atoms with Crippen LogP contribution in [0.3, 0.4) is 0 Å². The van der Waals surface area contributed by atoms with E-state index in [9.17, 15) is 0 Å². The number of benzene rings is 1. The number of nitrogens with one attached hydrogen (secondary N) is 1. The molecule has 0 radical (unpaired) electrons. The molecule has 1 N–H and O–H groups in total. The van der Waals surface area contributed by atoms with Crippen molar-refractivity contribution in [2.75, 3.05) is 26.4 Å². The summed E-state index contributed by atoms with van der Waals surface area (Å²) in [4.78, 5) is 0. The van der Waals surface area contributed by atoms with Crippen molar-refractivity contribution in [2.45, 2.75) is 38.3 Å². The van der Waals surface area contributed by atoms with Crippen LogP contribution in [0.5, 0.6) is 11.5 Å². The predicted octanol–water partition coefficient (Wildman–Crippen LogP) is 3.16. The fourth-order valence-corrected chi connectivity index (χ4v) is 3.12. The fourth-order valence-electron chi connectivity index (χ4n) is 2.83. The number of rotatable bonds is 4. The summed E-state index contributed by atoms with van der Waals surface area (Å²) in [5, 5.41) is 4.07. The standard InChI is InChI=1S/C16H22ClNO3/c1-16(4-2-7-21-16)11-18-10-12-8-13(17)15-14(9-12)19-5-3-6-20-15/h8-9,18H,2-7,10-11H2,1H3. The van der Waals surface area contributed by atoms with Crippen molar-refractivity contribution in [2.24, 2.45) is 0 Å². The van der Waals surface area contributed by atoms with Crippen LogP contribution in [0.25, 0.3) is 0 Å². The molecule has 116 valence electrons. The lowest BCUT2D eigenvalue weighted by Gasteiger charge is -2.23. The van der Waals surface area contributed by atoms with Crippen LogP contribution in [0.15, 0.2) is 12.1 Å². The lowest BCUT2D eigenvalue weighted by molar-refractivity contribution is 0.0207. The van der Waals surface area contributed by atoms with Crippen molar-refractivity contribution in [3.63, 3.8) is 0 Å². The van der Waals surface area contributed by atoms with Crippen LogP contribution >= 0.6 is 11.6 Å². The van der Waals surface area contributed by atoms with Gasteiger partial charge >= 0.3 is 0 Å². The molecular formula is C16H22ClNO3. The maximum Gasteiger partial charge on any atom is 0.179 e. The number of halogens is 1. The van der Waals surface area contributed by atoms with E-state index < -0.39 is 0 Å². The van der Waals surface area contributed by atoms with Gasteiger partial charge in [0.15, 0.2) is 11.5 Å². The molecule has 2 aliphatic rings. The first-order chi connectivity index (χ1) is 10.2. The second-order valence-corrected chi connectivity index (χ2v) is 6.37. The lowest BCUT2D eigenvalue weighted by Crippen LogP contribution is -2.36. The molecule has 3 rings (SSSR count). The molecule has 21 heavy (non-hydrogen) atoms. The van der Waals surface area contributed by atoms with Crippen molar-refractivity contribution < 1.29 is 14.2 Å². The minimum atomic E-state index is -0.0326. The fraction of sp³-hybridized carbons (Fsp3) is 0.625. The van der Waals surface area contributed by atoms with Crippen LogP contribution in [-0.2, 0) is 11.3 Å². The normalized spacial score (nSPS) is 24.9. The van der Waals surface area contributed by atoms with Gasteiger partial charge in [0.05, 0.1) is 23.8 Å². The molecule has 1 fully saturated rings. The van der Waals surface area contributed by atoms with E-state index in [0.717, 1.165) is 50.3 Å². The van der Waals surface area contributed by atoms with Crippen LogP contribution in [-0.4, -0.2) is 32.0 Å². The first-order valence-electron chi connectivity index (χ1n) is 7.59. The van der Waals surface area contributed by atoms with Crippen molar-refractivity contribution in [1.29, 1.82) is 0 Å². The van der Waals surface area contributed by atoms with Crippen LogP contribution < -0.4 is 14.8 Å². The molecule has 0 saturated carbocycles. The molecule has 1 saturated heterocycles. The zero-order valence-electron chi connectivity index (χ0n) is 12.4. The molecule has 0 spiro atoms. The van der Waals surface area contributed by atoms with Gasteiger partial charge in [0.2, 0.25) is 0 Å². The molecule has 2 heterocycles. The van der Waals surface area contributed by atoms with E-state index in [4.69, 9.17) is 25.8 Å². The Morgan fingerprint density at radius 2 is 2.05 bits per heavy atom. The Labute approximate surface area is 130 Å². The van der Waals surface area contributed by atoms with Crippen molar-refractivity contribution in [1.82, 2.24) is 5.32 Å². The van der Waals surface area contributed by atoms with Gasteiger partial charge in [0, 0.05) is 26.1 Å². The second kappa shape index (κ2) is 6.42. The lowest BCUT2D eigenvalue weighted by atomic mass is 10.0. The van der Waals surface area contributed by atoms with Crippen LogP contribution in [0.1, 0.15) is 31.7 Å². The van der Waals surface area contributed by atoms with Gasteiger partial charge in [-0.1, -0.05) is 11.6 Å². The summed E-state index contributed by atoms with van der Waals surface area (Å²) in [5.74, 6) is 1.42. The molecule has 0 amide bonds. The second-order valence-electron chi connectivity index (χ2n) is 5.96. The van der Waals surface area contributed by atoms with E-state index in [-0.39, 0.29) is 5.60 Å². The highest BCUT2D eigenvalue weighted by atomic mass is 35.5. The summed E-state index contributed by atoms with van der Waals surface area (Å²) in [6.07, 6.45) is 3.14. The third-order valence-corrected chi connectivity index (χ3v) is 4.27. The smallest absolute Gasteiger partial charge is 0.179 e. The average molecular weight is 312 g/mol. The summed E-state index contributed by atoms with van der Waals surface area (Å²) in [7, 11) is 0. The monoisotopic (exact) mass is 311 g/mol. The molecule has 1 aromatic carbocycles. The summed E-state index contributed by atoms with van der Waals surface area (Å²) < 4.78 is 17.1. The Morgan fingerprint density at radius 1 is 1.19 bits per heavy atom. The predicted molar refractivity (Wildman–Crippen MR) is 82.4 cm³/mol. The Hall–Kier alpha value is -0.970. The zero-order chi connectivity index (χ0) is 14.7. The molecule has 2 aliphatic heterocycles. The minimum Gasteiger partial charge on any atom is -0.489 e. The van der Waals surface area contributed by atoms with E-state index in [1.807, 2.05) is 12.1 Å². The Morgan fingerprint density at radius 3 is 2.86 bits per heavy atom. The number of hydrogen-bond donors (Lipinski definition) is 1. The van der Waals surface area contributed by atoms with Gasteiger partial charge in [-0.05, 0) is 37.5 Å². The zero-order valence-corrected chi connectivity index (χ0v) is 13.2. The van der Waals surface area contributed by atoms with Gasteiger partial charge in [-0.25, -0.2) is 0 Å². The minimum absolute atomic E-state index is 0.0326. The molecule has 0 aromatic heterocycles. The maximum absolute atomic E-state index is 6.30. The average Bonchev–Trinajstić information content (AvgIpc) is 2.73. The molecule has 1 unspecified atom stereocenters. The Bertz CT molecular complexity index is 501.